The van der Waals surface area contributed by atoms with Gasteiger partial charge in [-0.25, -0.2) is 0 Å². The lowest BCUT2D eigenvalue weighted by Gasteiger charge is -2.08. The maximum Gasteiger partial charge on any atom is 0.317 e. The summed E-state index contributed by atoms with van der Waals surface area (Å²) in [7, 11) is 1.10. The molecule has 0 aromatic heterocycles. The van der Waals surface area contributed by atoms with Crippen LogP contribution in [0.1, 0.15) is 6.42 Å². The number of nitro benzene ring substituents is 2. The van der Waals surface area contributed by atoms with Gasteiger partial charge in [0.2, 0.25) is 5.91 Å². The van der Waals surface area contributed by atoms with E-state index in [0.29, 0.717) is 6.07 Å². The summed E-state index contributed by atoms with van der Waals surface area (Å²) in [6, 6.07) is 1.47. The fraction of sp³-hybridized carbons (Fsp3) is 0.200. The topological polar surface area (TPSA) is 165 Å². The minimum atomic E-state index is -1.68. The zero-order valence-corrected chi connectivity index (χ0v) is 10.5. The molecule has 1 aromatic carbocycles. The molecule has 11 nitrogen and oxygen atoms in total. The summed E-state index contributed by atoms with van der Waals surface area (Å²) in [4.78, 5) is 41.3. The normalized spacial score (nSPS) is 9.76. The first-order chi connectivity index (χ1) is 9.76. The summed E-state index contributed by atoms with van der Waals surface area (Å²) < 4.78 is 4.70. The summed E-state index contributed by atoms with van der Waals surface area (Å²) in [5.74, 6) is -3.08. The fourth-order valence-corrected chi connectivity index (χ4v) is 1.44. The second-order valence-corrected chi connectivity index (χ2v) is 3.65. The minimum Gasteiger partial charge on any atom is -0.550 e. The smallest absolute Gasteiger partial charge is 0.317 e. The van der Waals surface area contributed by atoms with Crippen LogP contribution in [0.25, 0.3) is 0 Å². The fourth-order valence-electron chi connectivity index (χ4n) is 1.44. The number of benzene rings is 1. The average molecular weight is 298 g/mol. The molecule has 0 saturated carbocycles. The van der Waals surface area contributed by atoms with E-state index in [1.54, 1.807) is 0 Å². The van der Waals surface area contributed by atoms with Crippen LogP contribution in [0.2, 0.25) is 0 Å². The van der Waals surface area contributed by atoms with Gasteiger partial charge in [-0.2, -0.15) is 0 Å². The summed E-state index contributed by atoms with van der Waals surface area (Å²) in [6.07, 6.45) is -1.02. The zero-order chi connectivity index (χ0) is 16.2. The number of nitro groups is 2. The van der Waals surface area contributed by atoms with Crippen molar-refractivity contribution in [2.75, 3.05) is 12.4 Å². The molecule has 0 heterocycles. The Balaban J connectivity index is 3.29. The largest absolute Gasteiger partial charge is 0.550 e. The van der Waals surface area contributed by atoms with Gasteiger partial charge >= 0.3 is 5.69 Å². The molecule has 0 spiro atoms. The number of amides is 1. The molecule has 0 bridgehead atoms. The third kappa shape index (κ3) is 3.86. The van der Waals surface area contributed by atoms with E-state index < -0.39 is 45.2 Å². The monoisotopic (exact) mass is 298 g/mol. The average Bonchev–Trinajstić information content (AvgIpc) is 2.36. The zero-order valence-electron chi connectivity index (χ0n) is 10.5. The Morgan fingerprint density at radius 1 is 1.19 bits per heavy atom. The highest BCUT2D eigenvalue weighted by atomic mass is 16.6. The van der Waals surface area contributed by atoms with Crippen molar-refractivity contribution in [2.24, 2.45) is 0 Å². The van der Waals surface area contributed by atoms with Crippen molar-refractivity contribution >= 4 is 28.9 Å². The SMILES string of the molecule is COc1cc(NC(=O)CC(=O)[O-])c([N+](=O)[O-])cc1[N+](=O)[O-]. The third-order valence-electron chi connectivity index (χ3n) is 2.27. The van der Waals surface area contributed by atoms with Gasteiger partial charge in [0, 0.05) is 6.07 Å². The number of anilines is 1. The second kappa shape index (κ2) is 6.27. The van der Waals surface area contributed by atoms with E-state index in [0.717, 1.165) is 13.2 Å². The molecule has 0 atom stereocenters. The molecule has 1 aromatic rings. The van der Waals surface area contributed by atoms with Crippen molar-refractivity contribution in [1.82, 2.24) is 0 Å². The molecule has 1 rings (SSSR count). The van der Waals surface area contributed by atoms with Crippen LogP contribution in [0, 0.1) is 20.2 Å². The number of ether oxygens (including phenoxy) is 1. The van der Waals surface area contributed by atoms with E-state index in [1.807, 2.05) is 5.32 Å². The van der Waals surface area contributed by atoms with Gasteiger partial charge in [0.1, 0.15) is 5.69 Å². The molecular weight excluding hydrogens is 290 g/mol. The van der Waals surface area contributed by atoms with Gasteiger partial charge in [0.05, 0.1) is 35.4 Å². The van der Waals surface area contributed by atoms with Crippen LogP contribution in [0.5, 0.6) is 5.75 Å². The van der Waals surface area contributed by atoms with Gasteiger partial charge in [-0.1, -0.05) is 0 Å². The number of carbonyl (C=O) groups excluding carboxylic acids is 2. The van der Waals surface area contributed by atoms with Crippen molar-refractivity contribution in [2.45, 2.75) is 6.42 Å². The van der Waals surface area contributed by atoms with Gasteiger partial charge in [0.15, 0.2) is 5.75 Å². The molecule has 0 aliphatic rings. The van der Waals surface area contributed by atoms with Crippen molar-refractivity contribution < 1.29 is 29.3 Å². The van der Waals surface area contributed by atoms with Crippen LogP contribution in [-0.4, -0.2) is 28.8 Å². The Bertz CT molecular complexity index is 627. The number of carbonyl (C=O) groups is 2. The van der Waals surface area contributed by atoms with Crippen molar-refractivity contribution in [1.29, 1.82) is 0 Å². The van der Waals surface area contributed by atoms with Gasteiger partial charge in [-0.15, -0.1) is 0 Å². The number of methoxy groups -OCH3 is 1. The highest BCUT2D eigenvalue weighted by Gasteiger charge is 2.26. The number of hydrogen-bond donors (Lipinski definition) is 1. The lowest BCUT2D eigenvalue weighted by Crippen LogP contribution is -2.28. The second-order valence-electron chi connectivity index (χ2n) is 3.65. The van der Waals surface area contributed by atoms with Crippen LogP contribution < -0.4 is 15.2 Å². The molecule has 0 aliphatic carbocycles. The molecule has 0 saturated heterocycles. The Morgan fingerprint density at radius 2 is 1.76 bits per heavy atom. The van der Waals surface area contributed by atoms with Gasteiger partial charge in [-0.05, 0) is 0 Å². The van der Waals surface area contributed by atoms with Crippen LogP contribution >= 0.6 is 0 Å². The van der Waals surface area contributed by atoms with E-state index in [1.165, 1.54) is 0 Å². The van der Waals surface area contributed by atoms with Crippen molar-refractivity contribution in [3.05, 3.63) is 32.4 Å². The summed E-state index contributed by atoms with van der Waals surface area (Å²) >= 11 is 0. The Labute approximate surface area is 116 Å². The van der Waals surface area contributed by atoms with Gasteiger partial charge in [0.25, 0.3) is 5.69 Å². The summed E-state index contributed by atoms with van der Waals surface area (Å²) in [5.41, 5.74) is -1.86. The first-order valence-electron chi connectivity index (χ1n) is 5.26. The van der Waals surface area contributed by atoms with E-state index >= 15 is 0 Å². The lowest BCUT2D eigenvalue weighted by molar-refractivity contribution is -0.394. The minimum absolute atomic E-state index is 0.325. The van der Waals surface area contributed by atoms with Crippen molar-refractivity contribution in [3.63, 3.8) is 0 Å². The van der Waals surface area contributed by atoms with E-state index in [9.17, 15) is 34.9 Å². The van der Waals surface area contributed by atoms with Crippen LogP contribution in [0.15, 0.2) is 12.1 Å². The van der Waals surface area contributed by atoms with Crippen LogP contribution in [0.3, 0.4) is 0 Å². The molecule has 1 N–H and O–H groups in total. The lowest BCUT2D eigenvalue weighted by atomic mass is 10.2. The molecule has 11 heteroatoms. The molecule has 1 amide bonds. The molecule has 0 aliphatic heterocycles. The highest BCUT2D eigenvalue weighted by molar-refractivity contribution is 6.02. The number of carboxylic acid groups (broad SMARTS) is 1. The molecule has 112 valence electrons. The maximum atomic E-state index is 11.3. The first kappa shape index (κ1) is 15.8. The van der Waals surface area contributed by atoms with E-state index in [2.05, 4.69) is 0 Å². The standard InChI is InChI=1S/C10H9N3O8/c1-21-8-2-5(11-9(14)4-10(15)16)6(12(17)18)3-7(8)13(19)20/h2-3H,4H2,1H3,(H,11,14)(H,15,16)/p-1. The first-order valence-corrected chi connectivity index (χ1v) is 5.26. The summed E-state index contributed by atoms with van der Waals surface area (Å²) in [6.45, 7) is 0. The number of hydrogen-bond acceptors (Lipinski definition) is 8. The Hall–Kier alpha value is -3.24. The number of nitrogens with one attached hydrogen (secondary N) is 1. The molecule has 0 fully saturated rings. The predicted octanol–water partition coefficient (Wildman–Crippen LogP) is -0.410. The highest BCUT2D eigenvalue weighted by Crippen LogP contribution is 2.37. The molecule has 0 radical (unpaired) electrons. The third-order valence-corrected chi connectivity index (χ3v) is 2.27. The van der Waals surface area contributed by atoms with E-state index in [-0.39, 0.29) is 5.75 Å². The van der Waals surface area contributed by atoms with Crippen LogP contribution in [-0.2, 0) is 9.59 Å². The number of aliphatic carboxylic acids is 1. The summed E-state index contributed by atoms with van der Waals surface area (Å²) in [5, 5.41) is 33.9. The molecule has 0 unspecified atom stereocenters. The van der Waals surface area contributed by atoms with Crippen molar-refractivity contribution in [3.8, 4) is 5.75 Å². The quantitative estimate of drug-likeness (QED) is 0.420. The number of rotatable bonds is 6. The number of carboxylic acids is 1. The van der Waals surface area contributed by atoms with Crippen LogP contribution in [0.4, 0.5) is 17.1 Å². The predicted molar refractivity (Wildman–Crippen MR) is 64.6 cm³/mol. The Morgan fingerprint density at radius 3 is 2.19 bits per heavy atom. The maximum absolute atomic E-state index is 11.3. The number of nitrogens with zero attached hydrogens (tertiary/aromatic N) is 2. The molecular formula is C10H8N3O8-. The van der Waals surface area contributed by atoms with Gasteiger partial charge in [-0.3, -0.25) is 25.0 Å². The Kier molecular flexibility index (Phi) is 4.72. The molecule has 21 heavy (non-hydrogen) atoms. The van der Waals surface area contributed by atoms with Gasteiger partial charge < -0.3 is 20.0 Å². The van der Waals surface area contributed by atoms with E-state index in [4.69, 9.17) is 4.74 Å².